The largest absolute Gasteiger partial charge is 0.491 e. The number of piperazine rings is 1. The second-order valence-corrected chi connectivity index (χ2v) is 7.12. The number of benzene rings is 2. The van der Waals surface area contributed by atoms with Gasteiger partial charge in [0, 0.05) is 31.4 Å². The Morgan fingerprint density at radius 3 is 2.67 bits per heavy atom. The predicted molar refractivity (Wildman–Crippen MR) is 110 cm³/mol. The van der Waals surface area contributed by atoms with Gasteiger partial charge in [-0.05, 0) is 35.7 Å². The Kier molecular flexibility index (Phi) is 6.34. The van der Waals surface area contributed by atoms with E-state index in [-0.39, 0.29) is 19.2 Å². The molecule has 1 fully saturated rings. The van der Waals surface area contributed by atoms with Crippen molar-refractivity contribution in [2.45, 2.75) is 25.8 Å². The molecule has 27 heavy (non-hydrogen) atoms. The Labute approximate surface area is 167 Å². The molecule has 4 rings (SSSR count). The van der Waals surface area contributed by atoms with Gasteiger partial charge in [0.1, 0.15) is 12.4 Å². The number of hydrogen-bond donors (Lipinski definition) is 1. The Bertz CT molecular complexity index is 752. The normalized spacial score (nSPS) is 18.3. The van der Waals surface area contributed by atoms with E-state index in [0.717, 1.165) is 36.9 Å². The molecule has 0 bridgehead atoms. The molecule has 0 amide bonds. The van der Waals surface area contributed by atoms with E-state index < -0.39 is 0 Å². The minimum Gasteiger partial charge on any atom is -0.491 e. The first-order chi connectivity index (χ1) is 12.7. The van der Waals surface area contributed by atoms with Crippen LogP contribution in [-0.4, -0.2) is 39.1 Å². The fourth-order valence-corrected chi connectivity index (χ4v) is 3.46. The summed E-state index contributed by atoms with van der Waals surface area (Å²) in [6, 6.07) is 15.0. The van der Waals surface area contributed by atoms with E-state index >= 15 is 0 Å². The van der Waals surface area contributed by atoms with Crippen LogP contribution in [-0.2, 0) is 0 Å². The van der Waals surface area contributed by atoms with Crippen molar-refractivity contribution in [3.8, 4) is 17.2 Å². The summed E-state index contributed by atoms with van der Waals surface area (Å²) >= 11 is 0. The molecule has 6 heteroatoms. The van der Waals surface area contributed by atoms with E-state index in [2.05, 4.69) is 48.3 Å². The minimum absolute atomic E-state index is 0. The standard InChI is InChI=1S/C21H26N2O3.ClH/c1-15(2)16-3-5-17(6-4-16)23-10-9-22-12-18(23)13-24-19-7-8-20-21(11-19)26-14-25-20;/h3-8,11,15,18,22H,9-10,12-14H2,1-2H3;1H. The van der Waals surface area contributed by atoms with E-state index in [9.17, 15) is 0 Å². The monoisotopic (exact) mass is 390 g/mol. The van der Waals surface area contributed by atoms with Crippen LogP contribution in [0.3, 0.4) is 0 Å². The van der Waals surface area contributed by atoms with E-state index in [4.69, 9.17) is 14.2 Å². The molecule has 2 aliphatic heterocycles. The minimum atomic E-state index is 0. The van der Waals surface area contributed by atoms with Gasteiger partial charge in [-0.1, -0.05) is 26.0 Å². The lowest BCUT2D eigenvalue weighted by molar-refractivity contribution is 0.173. The third-order valence-corrected chi connectivity index (χ3v) is 5.03. The summed E-state index contributed by atoms with van der Waals surface area (Å²) in [6.45, 7) is 8.24. The second-order valence-electron chi connectivity index (χ2n) is 7.12. The Morgan fingerprint density at radius 2 is 1.89 bits per heavy atom. The number of fused-ring (bicyclic) bond motifs is 1. The third kappa shape index (κ3) is 4.42. The average molecular weight is 391 g/mol. The first kappa shape index (κ1) is 19.6. The van der Waals surface area contributed by atoms with Gasteiger partial charge < -0.3 is 24.4 Å². The molecule has 2 aliphatic rings. The Morgan fingerprint density at radius 1 is 1.11 bits per heavy atom. The molecule has 0 saturated carbocycles. The first-order valence-electron chi connectivity index (χ1n) is 9.30. The average Bonchev–Trinajstić information content (AvgIpc) is 3.14. The number of anilines is 1. The van der Waals surface area contributed by atoms with Gasteiger partial charge in [0.25, 0.3) is 0 Å². The summed E-state index contributed by atoms with van der Waals surface area (Å²) in [4.78, 5) is 2.44. The van der Waals surface area contributed by atoms with Crippen LogP contribution in [0.15, 0.2) is 42.5 Å². The van der Waals surface area contributed by atoms with Gasteiger partial charge in [-0.15, -0.1) is 12.4 Å². The summed E-state index contributed by atoms with van der Waals surface area (Å²) < 4.78 is 16.8. The molecule has 1 unspecified atom stereocenters. The van der Waals surface area contributed by atoms with Crippen LogP contribution in [0.4, 0.5) is 5.69 Å². The number of rotatable bonds is 5. The van der Waals surface area contributed by atoms with Crippen LogP contribution < -0.4 is 24.4 Å². The molecule has 5 nitrogen and oxygen atoms in total. The zero-order valence-electron chi connectivity index (χ0n) is 15.8. The number of nitrogens with zero attached hydrogens (tertiary/aromatic N) is 1. The summed E-state index contributed by atoms with van der Waals surface area (Å²) in [6.07, 6.45) is 0. The summed E-state index contributed by atoms with van der Waals surface area (Å²) in [7, 11) is 0. The number of halogens is 1. The highest BCUT2D eigenvalue weighted by molar-refractivity contribution is 5.85. The maximum absolute atomic E-state index is 6.07. The second kappa shape index (κ2) is 8.72. The molecule has 2 heterocycles. The Hall–Kier alpha value is -2.11. The molecule has 0 spiro atoms. The highest BCUT2D eigenvalue weighted by Gasteiger charge is 2.23. The lowest BCUT2D eigenvalue weighted by Crippen LogP contribution is -2.54. The Balaban J connectivity index is 0.00000210. The van der Waals surface area contributed by atoms with Crippen LogP contribution in [0.2, 0.25) is 0 Å². The molecule has 2 aromatic carbocycles. The predicted octanol–water partition coefficient (Wildman–Crippen LogP) is 3.82. The quantitative estimate of drug-likeness (QED) is 0.840. The van der Waals surface area contributed by atoms with Gasteiger partial charge in [0.2, 0.25) is 6.79 Å². The van der Waals surface area contributed by atoms with Gasteiger partial charge in [0.05, 0.1) is 6.04 Å². The van der Waals surface area contributed by atoms with Gasteiger partial charge in [-0.2, -0.15) is 0 Å². The summed E-state index contributed by atoms with van der Waals surface area (Å²) in [5, 5.41) is 3.48. The van der Waals surface area contributed by atoms with Crippen molar-refractivity contribution >= 4 is 18.1 Å². The number of ether oxygens (including phenoxy) is 3. The van der Waals surface area contributed by atoms with E-state index in [0.29, 0.717) is 18.6 Å². The van der Waals surface area contributed by atoms with Crippen molar-refractivity contribution in [3.63, 3.8) is 0 Å². The maximum atomic E-state index is 6.07. The third-order valence-electron chi connectivity index (χ3n) is 5.03. The van der Waals surface area contributed by atoms with Crippen LogP contribution in [0, 0.1) is 0 Å². The molecule has 2 aromatic rings. The van der Waals surface area contributed by atoms with Crippen LogP contribution in [0.1, 0.15) is 25.3 Å². The molecule has 1 N–H and O–H groups in total. The fourth-order valence-electron chi connectivity index (χ4n) is 3.46. The SMILES string of the molecule is CC(C)c1ccc(N2CCNCC2COc2ccc3c(c2)OCO3)cc1.Cl. The number of hydrogen-bond acceptors (Lipinski definition) is 5. The van der Waals surface area contributed by atoms with Gasteiger partial charge in [0.15, 0.2) is 11.5 Å². The van der Waals surface area contributed by atoms with Crippen molar-refractivity contribution < 1.29 is 14.2 Å². The van der Waals surface area contributed by atoms with Gasteiger partial charge in [-0.3, -0.25) is 0 Å². The van der Waals surface area contributed by atoms with Crippen molar-refractivity contribution in [3.05, 3.63) is 48.0 Å². The van der Waals surface area contributed by atoms with Gasteiger partial charge >= 0.3 is 0 Å². The molecule has 146 valence electrons. The zero-order chi connectivity index (χ0) is 17.9. The molecular weight excluding hydrogens is 364 g/mol. The highest BCUT2D eigenvalue weighted by atomic mass is 35.5. The molecule has 1 atom stereocenters. The number of nitrogens with one attached hydrogen (secondary N) is 1. The molecular formula is C21H27ClN2O3. The lowest BCUT2D eigenvalue weighted by atomic mass is 10.0. The first-order valence-corrected chi connectivity index (χ1v) is 9.30. The van der Waals surface area contributed by atoms with E-state index in [1.165, 1.54) is 11.3 Å². The molecule has 0 aromatic heterocycles. The van der Waals surface area contributed by atoms with Crippen LogP contribution >= 0.6 is 12.4 Å². The highest BCUT2D eigenvalue weighted by Crippen LogP contribution is 2.35. The summed E-state index contributed by atoms with van der Waals surface area (Å²) in [5.74, 6) is 2.90. The summed E-state index contributed by atoms with van der Waals surface area (Å²) in [5.41, 5.74) is 2.63. The molecule has 1 saturated heterocycles. The fraction of sp³-hybridized carbons (Fsp3) is 0.429. The van der Waals surface area contributed by atoms with Crippen LogP contribution in [0.25, 0.3) is 0 Å². The zero-order valence-corrected chi connectivity index (χ0v) is 16.6. The lowest BCUT2D eigenvalue weighted by Gasteiger charge is -2.38. The van der Waals surface area contributed by atoms with Crippen molar-refractivity contribution in [1.29, 1.82) is 0 Å². The maximum Gasteiger partial charge on any atom is 0.231 e. The van der Waals surface area contributed by atoms with Crippen LogP contribution in [0.5, 0.6) is 17.2 Å². The van der Waals surface area contributed by atoms with Gasteiger partial charge in [-0.25, -0.2) is 0 Å². The van der Waals surface area contributed by atoms with E-state index in [1.54, 1.807) is 0 Å². The smallest absolute Gasteiger partial charge is 0.231 e. The van der Waals surface area contributed by atoms with Crippen molar-refractivity contribution in [1.82, 2.24) is 5.32 Å². The molecule has 0 aliphatic carbocycles. The van der Waals surface area contributed by atoms with Crippen molar-refractivity contribution in [2.24, 2.45) is 0 Å². The van der Waals surface area contributed by atoms with E-state index in [1.807, 2.05) is 18.2 Å². The molecule has 0 radical (unpaired) electrons. The topological polar surface area (TPSA) is 43.0 Å². The van der Waals surface area contributed by atoms with Crippen molar-refractivity contribution in [2.75, 3.05) is 37.9 Å².